The molecule has 1 aliphatic carbocycles. The van der Waals surface area contributed by atoms with Crippen molar-refractivity contribution in [3.8, 4) is 17.6 Å². The van der Waals surface area contributed by atoms with Crippen molar-refractivity contribution < 1.29 is 9.90 Å². The van der Waals surface area contributed by atoms with Crippen molar-refractivity contribution in [3.05, 3.63) is 94.5 Å². The van der Waals surface area contributed by atoms with Crippen LogP contribution in [0.3, 0.4) is 0 Å². The number of aromatic hydroxyl groups is 1. The molecule has 3 heteroatoms. The zero-order valence-electron chi connectivity index (χ0n) is 19.8. The molecular formula is C30H31NO2. The minimum Gasteiger partial charge on any atom is -0.508 e. The second kappa shape index (κ2) is 9.16. The van der Waals surface area contributed by atoms with Crippen LogP contribution in [0.4, 0.5) is 5.69 Å². The van der Waals surface area contributed by atoms with Crippen LogP contribution in [0.5, 0.6) is 5.75 Å². The van der Waals surface area contributed by atoms with E-state index in [0.717, 1.165) is 5.56 Å². The zero-order valence-corrected chi connectivity index (χ0v) is 19.8. The van der Waals surface area contributed by atoms with Crippen LogP contribution in [0.25, 0.3) is 0 Å². The second-order valence-electron chi connectivity index (χ2n) is 9.74. The molecule has 0 fully saturated rings. The molecule has 3 aromatic rings. The van der Waals surface area contributed by atoms with E-state index >= 15 is 0 Å². The fourth-order valence-electron chi connectivity index (χ4n) is 4.64. The first-order valence-electron chi connectivity index (χ1n) is 11.6. The summed E-state index contributed by atoms with van der Waals surface area (Å²) < 4.78 is 0. The first-order chi connectivity index (χ1) is 15.7. The molecule has 0 heterocycles. The zero-order chi connectivity index (χ0) is 23.6. The molecule has 2 N–H and O–H groups in total. The molecule has 0 aromatic heterocycles. The predicted molar refractivity (Wildman–Crippen MR) is 135 cm³/mol. The number of phenols is 1. The number of hydrogen-bond donors (Lipinski definition) is 2. The van der Waals surface area contributed by atoms with E-state index in [0.29, 0.717) is 29.5 Å². The van der Waals surface area contributed by atoms with Crippen molar-refractivity contribution in [2.24, 2.45) is 5.92 Å². The fourth-order valence-corrected chi connectivity index (χ4v) is 4.64. The molecule has 1 amide bonds. The molecule has 3 nitrogen and oxygen atoms in total. The van der Waals surface area contributed by atoms with Crippen LogP contribution >= 0.6 is 0 Å². The number of fused-ring (bicyclic) bond motifs is 1. The van der Waals surface area contributed by atoms with E-state index in [2.05, 4.69) is 63.1 Å². The Hall–Kier alpha value is -3.51. The maximum absolute atomic E-state index is 12.4. The monoisotopic (exact) mass is 437 g/mol. The third-order valence-electron chi connectivity index (χ3n) is 7.08. The second-order valence-corrected chi connectivity index (χ2v) is 9.74. The number of phenolic OH excluding ortho intramolecular Hbond substituents is 1. The molecule has 33 heavy (non-hydrogen) atoms. The van der Waals surface area contributed by atoms with Gasteiger partial charge in [-0.25, -0.2) is 0 Å². The summed E-state index contributed by atoms with van der Waals surface area (Å²) in [6.45, 7) is 9.41. The van der Waals surface area contributed by atoms with E-state index in [-0.39, 0.29) is 17.1 Å². The number of nitrogens with one attached hydrogen (secondary N) is 1. The summed E-state index contributed by atoms with van der Waals surface area (Å²) >= 11 is 0. The largest absolute Gasteiger partial charge is 0.508 e. The van der Waals surface area contributed by atoms with Crippen molar-refractivity contribution in [1.82, 2.24) is 0 Å². The molecule has 1 aliphatic rings. The SMILES string of the molecule is CC1CC(C)C(C)(C)c2ccc(CC#Cc3ccc(C(=O)Nc4ccc(O)cc4)cc3)cc21. The summed E-state index contributed by atoms with van der Waals surface area (Å²) in [7, 11) is 0. The predicted octanol–water partition coefficient (Wildman–Crippen LogP) is 6.66. The maximum atomic E-state index is 12.4. The number of carbonyl (C=O) groups excluding carboxylic acids is 1. The minimum absolute atomic E-state index is 0.166. The Bertz CT molecular complexity index is 1210. The number of hydrogen-bond acceptors (Lipinski definition) is 2. The highest BCUT2D eigenvalue weighted by molar-refractivity contribution is 6.04. The fraction of sp³-hybridized carbons (Fsp3) is 0.300. The van der Waals surface area contributed by atoms with Crippen LogP contribution in [-0.2, 0) is 11.8 Å². The Morgan fingerprint density at radius 1 is 1.03 bits per heavy atom. The Balaban J connectivity index is 1.41. The van der Waals surface area contributed by atoms with Gasteiger partial charge in [0, 0.05) is 23.2 Å². The Morgan fingerprint density at radius 3 is 2.42 bits per heavy atom. The van der Waals surface area contributed by atoms with Gasteiger partial charge < -0.3 is 10.4 Å². The lowest BCUT2D eigenvalue weighted by Crippen LogP contribution is -2.33. The number of anilines is 1. The summed E-state index contributed by atoms with van der Waals surface area (Å²) in [4.78, 5) is 12.4. The van der Waals surface area contributed by atoms with E-state index in [1.54, 1.807) is 36.4 Å². The molecule has 0 saturated heterocycles. The molecule has 4 rings (SSSR count). The molecule has 2 atom stereocenters. The molecule has 0 radical (unpaired) electrons. The molecule has 2 unspecified atom stereocenters. The van der Waals surface area contributed by atoms with Crippen LogP contribution in [0.15, 0.2) is 66.7 Å². The molecule has 3 aromatic carbocycles. The van der Waals surface area contributed by atoms with Crippen molar-refractivity contribution in [2.45, 2.75) is 51.9 Å². The van der Waals surface area contributed by atoms with Crippen molar-refractivity contribution in [3.63, 3.8) is 0 Å². The minimum atomic E-state index is -0.194. The number of amides is 1. The van der Waals surface area contributed by atoms with Gasteiger partial charge in [0.05, 0.1) is 0 Å². The summed E-state index contributed by atoms with van der Waals surface area (Å²) in [5.74, 6) is 7.74. The summed E-state index contributed by atoms with van der Waals surface area (Å²) in [6.07, 6.45) is 1.93. The first-order valence-corrected chi connectivity index (χ1v) is 11.6. The maximum Gasteiger partial charge on any atom is 0.255 e. The summed E-state index contributed by atoms with van der Waals surface area (Å²) in [5.41, 5.74) is 6.50. The summed E-state index contributed by atoms with van der Waals surface area (Å²) in [5, 5.41) is 12.2. The van der Waals surface area contributed by atoms with E-state index in [1.807, 2.05) is 12.1 Å². The highest BCUT2D eigenvalue weighted by Gasteiger charge is 2.36. The lowest BCUT2D eigenvalue weighted by atomic mass is 9.63. The molecule has 0 aliphatic heterocycles. The van der Waals surface area contributed by atoms with E-state index in [4.69, 9.17) is 0 Å². The normalized spacial score (nSPS) is 18.5. The lowest BCUT2D eigenvalue weighted by Gasteiger charge is -2.41. The highest BCUT2D eigenvalue weighted by atomic mass is 16.3. The van der Waals surface area contributed by atoms with Gasteiger partial charge in [0.25, 0.3) is 5.91 Å². The number of carbonyl (C=O) groups is 1. The standard InChI is InChI=1S/C30H31NO2/c1-20-18-21(2)30(3,4)28-17-10-23(19-27(20)28)7-5-6-22-8-11-24(12-9-22)29(33)31-25-13-15-26(32)16-14-25/h8-17,19-21,32H,7,18H2,1-4H3,(H,31,33). The molecular weight excluding hydrogens is 406 g/mol. The van der Waals surface area contributed by atoms with Gasteiger partial charge in [-0.05, 0) is 88.9 Å². The molecule has 0 saturated carbocycles. The lowest BCUT2D eigenvalue weighted by molar-refractivity contribution is 0.102. The van der Waals surface area contributed by atoms with Gasteiger partial charge in [0.2, 0.25) is 0 Å². The van der Waals surface area contributed by atoms with Gasteiger partial charge in [-0.2, -0.15) is 0 Å². The Morgan fingerprint density at radius 2 is 1.73 bits per heavy atom. The Labute approximate surface area is 196 Å². The van der Waals surface area contributed by atoms with Gasteiger partial charge >= 0.3 is 0 Å². The van der Waals surface area contributed by atoms with Gasteiger partial charge in [0.15, 0.2) is 0 Å². The highest BCUT2D eigenvalue weighted by Crippen LogP contribution is 2.46. The van der Waals surface area contributed by atoms with Crippen molar-refractivity contribution in [2.75, 3.05) is 5.32 Å². The molecule has 0 bridgehead atoms. The van der Waals surface area contributed by atoms with Gasteiger partial charge in [-0.15, -0.1) is 0 Å². The average molecular weight is 438 g/mol. The van der Waals surface area contributed by atoms with Crippen LogP contribution in [0.1, 0.15) is 72.6 Å². The average Bonchev–Trinajstić information content (AvgIpc) is 2.80. The van der Waals surface area contributed by atoms with Gasteiger partial charge in [0.1, 0.15) is 5.75 Å². The van der Waals surface area contributed by atoms with Gasteiger partial charge in [-0.3, -0.25) is 4.79 Å². The topological polar surface area (TPSA) is 49.3 Å². The van der Waals surface area contributed by atoms with E-state index in [1.165, 1.54) is 23.1 Å². The first kappa shape index (κ1) is 22.7. The van der Waals surface area contributed by atoms with Crippen LogP contribution in [0, 0.1) is 17.8 Å². The smallest absolute Gasteiger partial charge is 0.255 e. The van der Waals surface area contributed by atoms with E-state index in [9.17, 15) is 9.90 Å². The molecule has 0 spiro atoms. The quantitative estimate of drug-likeness (QED) is 0.356. The van der Waals surface area contributed by atoms with Gasteiger partial charge in [-0.1, -0.05) is 57.7 Å². The van der Waals surface area contributed by atoms with Crippen LogP contribution < -0.4 is 5.32 Å². The number of benzene rings is 3. The van der Waals surface area contributed by atoms with Crippen LogP contribution in [0.2, 0.25) is 0 Å². The summed E-state index contributed by atoms with van der Waals surface area (Å²) in [6, 6.07) is 20.6. The third-order valence-corrected chi connectivity index (χ3v) is 7.08. The van der Waals surface area contributed by atoms with Crippen LogP contribution in [-0.4, -0.2) is 11.0 Å². The number of rotatable bonds is 3. The molecule has 168 valence electrons. The Kier molecular flexibility index (Phi) is 6.29. The van der Waals surface area contributed by atoms with Crippen molar-refractivity contribution >= 4 is 11.6 Å². The van der Waals surface area contributed by atoms with E-state index < -0.39 is 0 Å². The third kappa shape index (κ3) is 4.96. The van der Waals surface area contributed by atoms with Crippen molar-refractivity contribution in [1.29, 1.82) is 0 Å².